The second-order valence-electron chi connectivity index (χ2n) is 10.6. The molecule has 192 valence electrons. The molecule has 2 N–H and O–H groups in total. The van der Waals surface area contributed by atoms with Crippen LogP contribution in [-0.4, -0.2) is 19.1 Å². The maximum Gasteiger partial charge on any atom is 0.334 e. The maximum absolute atomic E-state index is 11.7. The summed E-state index contributed by atoms with van der Waals surface area (Å²) in [6, 6.07) is 9.60. The van der Waals surface area contributed by atoms with Crippen LogP contribution in [0.2, 0.25) is 0 Å². The standard InChI is InChI=1S/C32H47NO2/c1-4-6-7-9-25-11-14-28(15-12-25)29-16-18-30(19-17-29)31-20-13-26(22-27(31)5-2)10-8-21-35-32(34)24(3)23-33/h13,16-19,22,25,28,31H,3-12,14-15,20-21,23,33H2,1-2H3. The molecule has 0 amide bonds. The third kappa shape index (κ3) is 8.20. The van der Waals surface area contributed by atoms with Crippen LogP contribution in [0, 0.1) is 5.92 Å². The molecule has 1 aromatic rings. The van der Waals surface area contributed by atoms with Crippen molar-refractivity contribution in [1.82, 2.24) is 0 Å². The average Bonchev–Trinajstić information content (AvgIpc) is 2.91. The van der Waals surface area contributed by atoms with E-state index >= 15 is 0 Å². The topological polar surface area (TPSA) is 52.3 Å². The fourth-order valence-corrected chi connectivity index (χ4v) is 5.79. The van der Waals surface area contributed by atoms with E-state index in [1.807, 2.05) is 0 Å². The number of nitrogens with two attached hydrogens (primary N) is 1. The second-order valence-corrected chi connectivity index (χ2v) is 10.6. The number of hydrogen-bond donors (Lipinski definition) is 1. The first-order chi connectivity index (χ1) is 17.0. The van der Waals surface area contributed by atoms with E-state index in [-0.39, 0.29) is 12.5 Å². The van der Waals surface area contributed by atoms with Gasteiger partial charge in [0.25, 0.3) is 0 Å². The first-order valence-electron chi connectivity index (χ1n) is 14.1. The van der Waals surface area contributed by atoms with Gasteiger partial charge in [-0.25, -0.2) is 4.79 Å². The molecule has 0 saturated heterocycles. The van der Waals surface area contributed by atoms with Gasteiger partial charge in [-0.1, -0.05) is 93.7 Å². The van der Waals surface area contributed by atoms with Crippen LogP contribution in [0.4, 0.5) is 0 Å². The Morgan fingerprint density at radius 2 is 1.74 bits per heavy atom. The van der Waals surface area contributed by atoms with Gasteiger partial charge in [-0.2, -0.15) is 0 Å². The number of unbranched alkanes of at least 4 members (excludes halogenated alkanes) is 2. The van der Waals surface area contributed by atoms with E-state index in [0.29, 0.717) is 18.1 Å². The van der Waals surface area contributed by atoms with Crippen molar-refractivity contribution in [3.8, 4) is 0 Å². The SMILES string of the molecule is C=C(CN)C(=O)OCCCC1=CCC(c2ccc(C3CCC(CCCCC)CC3)cc2)C(CC)=C1. The van der Waals surface area contributed by atoms with Gasteiger partial charge in [0.1, 0.15) is 0 Å². The highest BCUT2D eigenvalue weighted by Gasteiger charge is 2.23. The lowest BCUT2D eigenvalue weighted by Gasteiger charge is -2.29. The number of carbonyl (C=O) groups is 1. The van der Waals surface area contributed by atoms with Crippen LogP contribution in [0.5, 0.6) is 0 Å². The molecule has 3 rings (SSSR count). The number of ether oxygens (including phenoxy) is 1. The lowest BCUT2D eigenvalue weighted by Crippen LogP contribution is -2.15. The van der Waals surface area contributed by atoms with Crippen LogP contribution in [0.25, 0.3) is 0 Å². The van der Waals surface area contributed by atoms with Crippen LogP contribution in [0.3, 0.4) is 0 Å². The van der Waals surface area contributed by atoms with Crippen LogP contribution in [0.1, 0.15) is 114 Å². The first-order valence-corrected chi connectivity index (χ1v) is 14.1. The van der Waals surface area contributed by atoms with Gasteiger partial charge in [-0.05, 0) is 74.3 Å². The van der Waals surface area contributed by atoms with Crippen LogP contribution < -0.4 is 5.73 Å². The van der Waals surface area contributed by atoms with Gasteiger partial charge < -0.3 is 10.5 Å². The summed E-state index contributed by atoms with van der Waals surface area (Å²) in [6.45, 7) is 8.75. The zero-order chi connectivity index (χ0) is 25.0. The van der Waals surface area contributed by atoms with E-state index in [4.69, 9.17) is 10.5 Å². The van der Waals surface area contributed by atoms with E-state index in [0.717, 1.165) is 37.5 Å². The zero-order valence-corrected chi connectivity index (χ0v) is 22.2. The lowest BCUT2D eigenvalue weighted by molar-refractivity contribution is -0.139. The number of allylic oxidation sites excluding steroid dienone is 4. The summed E-state index contributed by atoms with van der Waals surface area (Å²) in [4.78, 5) is 11.7. The molecule has 35 heavy (non-hydrogen) atoms. The highest BCUT2D eigenvalue weighted by molar-refractivity contribution is 5.88. The number of benzene rings is 1. The smallest absolute Gasteiger partial charge is 0.334 e. The highest BCUT2D eigenvalue weighted by Crippen LogP contribution is 2.40. The van der Waals surface area contributed by atoms with Gasteiger partial charge in [0.05, 0.1) is 6.61 Å². The molecule has 0 bridgehead atoms. The van der Waals surface area contributed by atoms with Gasteiger partial charge in [0.15, 0.2) is 0 Å². The molecule has 1 saturated carbocycles. The average molecular weight is 478 g/mol. The molecule has 2 aliphatic carbocycles. The lowest BCUT2D eigenvalue weighted by atomic mass is 9.76. The minimum absolute atomic E-state index is 0.148. The van der Waals surface area contributed by atoms with Crippen molar-refractivity contribution in [3.63, 3.8) is 0 Å². The Morgan fingerprint density at radius 3 is 2.40 bits per heavy atom. The van der Waals surface area contributed by atoms with Crippen LogP contribution in [-0.2, 0) is 9.53 Å². The van der Waals surface area contributed by atoms with Gasteiger partial charge in [0, 0.05) is 18.0 Å². The minimum Gasteiger partial charge on any atom is -0.462 e. The Hall–Kier alpha value is -2.13. The van der Waals surface area contributed by atoms with Crippen LogP contribution >= 0.6 is 0 Å². The molecule has 2 aliphatic rings. The van der Waals surface area contributed by atoms with Crippen molar-refractivity contribution in [2.24, 2.45) is 11.7 Å². The molecule has 0 heterocycles. The molecule has 3 nitrogen and oxygen atoms in total. The zero-order valence-electron chi connectivity index (χ0n) is 22.2. The predicted molar refractivity (Wildman–Crippen MR) is 147 cm³/mol. The Kier molecular flexibility index (Phi) is 11.3. The van der Waals surface area contributed by atoms with Gasteiger partial charge >= 0.3 is 5.97 Å². The molecule has 0 aliphatic heterocycles. The van der Waals surface area contributed by atoms with E-state index in [1.165, 1.54) is 68.1 Å². The van der Waals surface area contributed by atoms with Gasteiger partial charge in [-0.3, -0.25) is 0 Å². The fourth-order valence-electron chi connectivity index (χ4n) is 5.79. The molecule has 0 aromatic heterocycles. The summed E-state index contributed by atoms with van der Waals surface area (Å²) in [5.74, 6) is 1.83. The molecular weight excluding hydrogens is 430 g/mol. The molecular formula is C32H47NO2. The van der Waals surface area contributed by atoms with Gasteiger partial charge in [0.2, 0.25) is 0 Å². The predicted octanol–water partition coefficient (Wildman–Crippen LogP) is 8.13. The summed E-state index contributed by atoms with van der Waals surface area (Å²) in [5.41, 5.74) is 11.6. The Morgan fingerprint density at radius 1 is 1.03 bits per heavy atom. The summed E-state index contributed by atoms with van der Waals surface area (Å²) < 4.78 is 5.25. The van der Waals surface area contributed by atoms with E-state index in [2.05, 4.69) is 56.8 Å². The van der Waals surface area contributed by atoms with Crippen molar-refractivity contribution in [2.45, 2.75) is 103 Å². The summed E-state index contributed by atoms with van der Waals surface area (Å²) in [6.07, 6.45) is 19.8. The molecule has 0 spiro atoms. The first kappa shape index (κ1) is 27.5. The second kappa shape index (κ2) is 14.4. The number of carbonyl (C=O) groups excluding carboxylic acids is 1. The van der Waals surface area contributed by atoms with Crippen molar-refractivity contribution >= 4 is 5.97 Å². The number of esters is 1. The fraction of sp³-hybridized carbons (Fsp3) is 0.594. The molecule has 1 unspecified atom stereocenters. The van der Waals surface area contributed by atoms with Crippen molar-refractivity contribution in [1.29, 1.82) is 0 Å². The quantitative estimate of drug-likeness (QED) is 0.177. The highest BCUT2D eigenvalue weighted by atomic mass is 16.5. The monoisotopic (exact) mass is 477 g/mol. The van der Waals surface area contributed by atoms with Crippen molar-refractivity contribution in [3.05, 3.63) is 70.8 Å². The Balaban J connectivity index is 1.48. The van der Waals surface area contributed by atoms with E-state index < -0.39 is 0 Å². The maximum atomic E-state index is 11.7. The molecule has 1 aromatic carbocycles. The van der Waals surface area contributed by atoms with E-state index in [9.17, 15) is 4.79 Å². The minimum atomic E-state index is -0.376. The molecule has 3 heteroatoms. The summed E-state index contributed by atoms with van der Waals surface area (Å²) >= 11 is 0. The van der Waals surface area contributed by atoms with Crippen molar-refractivity contribution < 1.29 is 9.53 Å². The molecule has 1 fully saturated rings. The third-order valence-corrected chi connectivity index (χ3v) is 8.09. The number of hydrogen-bond acceptors (Lipinski definition) is 3. The molecule has 1 atom stereocenters. The summed E-state index contributed by atoms with van der Waals surface area (Å²) in [7, 11) is 0. The third-order valence-electron chi connectivity index (χ3n) is 8.09. The normalized spacial score (nSPS) is 22.3. The Bertz CT molecular complexity index is 871. The summed E-state index contributed by atoms with van der Waals surface area (Å²) in [5, 5.41) is 0. The number of rotatable bonds is 13. The Labute approximate surface area is 213 Å². The van der Waals surface area contributed by atoms with Crippen molar-refractivity contribution in [2.75, 3.05) is 13.2 Å². The van der Waals surface area contributed by atoms with Gasteiger partial charge in [-0.15, -0.1) is 0 Å². The molecule has 0 radical (unpaired) electrons. The van der Waals surface area contributed by atoms with E-state index in [1.54, 1.807) is 5.56 Å². The van der Waals surface area contributed by atoms with Crippen LogP contribution in [0.15, 0.2) is 59.7 Å². The largest absolute Gasteiger partial charge is 0.462 e.